The molecule has 11 aromatic carbocycles. The predicted octanol–water partition coefficient (Wildman–Crippen LogP) is 18.1. The van der Waals surface area contributed by atoms with Gasteiger partial charge in [0.05, 0.1) is 22.6 Å². The number of nitrogens with zero attached hydrogens (tertiary/aromatic N) is 2. The number of fused-ring (bicyclic) bond motifs is 6. The molecule has 322 valence electrons. The molecule has 0 aliphatic rings. The van der Waals surface area contributed by atoms with Crippen LogP contribution in [-0.2, 0) is 0 Å². The molecule has 2 heterocycles. The molecule has 3 nitrogen and oxygen atoms in total. The second-order valence-electron chi connectivity index (χ2n) is 17.5. The van der Waals surface area contributed by atoms with Crippen LogP contribution in [-0.4, -0.2) is 4.57 Å². The standard InChI is InChI=1S/C66H42N2O/c1-2-19-45(20-3-1)47-21-16-23-49(43-47)52-25-4-10-33-60(52)67(51-41-39-46(40-42-51)48-22-17-24-50(44-48)53-31-18-32-59-58-30-9-15-38-65(58)69-66(53)59)61-34-11-5-26-54(61)55-27-6-12-35-62(55)68-63-36-13-7-28-56(63)57-29-8-14-37-64(57)68/h1-13,15-36,38-44H. The first-order valence-corrected chi connectivity index (χ1v) is 23.4. The minimum Gasteiger partial charge on any atom is -0.455 e. The maximum atomic E-state index is 6.48. The third kappa shape index (κ3) is 6.94. The Morgan fingerprint density at radius 2 is 0.913 bits per heavy atom. The van der Waals surface area contributed by atoms with E-state index in [0.717, 1.165) is 106 Å². The van der Waals surface area contributed by atoms with Gasteiger partial charge < -0.3 is 13.9 Å². The molecule has 0 amide bonds. The molecule has 0 saturated carbocycles. The summed E-state index contributed by atoms with van der Waals surface area (Å²) >= 11 is 0. The summed E-state index contributed by atoms with van der Waals surface area (Å²) in [5.74, 6) is 0. The Labute approximate surface area is 401 Å². The molecule has 13 aromatic rings. The molecule has 13 rings (SSSR count). The Balaban J connectivity index is 0.976. The highest BCUT2D eigenvalue weighted by atomic mass is 16.3. The minimum atomic E-state index is 0.899. The Bertz CT molecular complexity index is 3970. The zero-order chi connectivity index (χ0) is 45.7. The fraction of sp³-hybridized carbons (Fsp3) is 0. The van der Waals surface area contributed by atoms with Crippen LogP contribution >= 0.6 is 0 Å². The Morgan fingerprint density at radius 3 is 1.71 bits per heavy atom. The highest BCUT2D eigenvalue weighted by Gasteiger charge is 2.23. The monoisotopic (exact) mass is 878 g/mol. The van der Waals surface area contributed by atoms with Gasteiger partial charge in [-0.05, 0) is 106 Å². The molecule has 0 spiro atoms. The molecule has 3 heteroatoms. The fourth-order valence-corrected chi connectivity index (χ4v) is 10.3. The van der Waals surface area contributed by atoms with Crippen molar-refractivity contribution >= 4 is 60.8 Å². The first kappa shape index (κ1) is 40.0. The SMILES string of the molecule is c1ccc2c3ccccc3n(-c3ccccc3-c3ccccc3N(c3ccc(-c4cccc(-c5cccc6c5oc5ccccc56)c4)cc3)c3ccccc3-c3cccc(-c4ccccc4)c3)c2c#1. The van der Waals surface area contributed by atoms with E-state index in [2.05, 4.69) is 258 Å². The van der Waals surface area contributed by atoms with E-state index in [9.17, 15) is 0 Å². The van der Waals surface area contributed by atoms with Gasteiger partial charge in [-0.3, -0.25) is 0 Å². The summed E-state index contributed by atoms with van der Waals surface area (Å²) in [6, 6.07) is 97.9. The normalized spacial score (nSPS) is 11.4. The molecule has 0 radical (unpaired) electrons. The maximum absolute atomic E-state index is 6.48. The van der Waals surface area contributed by atoms with Crippen LogP contribution in [0.4, 0.5) is 17.1 Å². The number of furan rings is 1. The fourth-order valence-electron chi connectivity index (χ4n) is 10.3. The lowest BCUT2D eigenvalue weighted by atomic mass is 9.95. The van der Waals surface area contributed by atoms with Crippen molar-refractivity contribution in [1.82, 2.24) is 4.57 Å². The second-order valence-corrected chi connectivity index (χ2v) is 17.5. The molecule has 0 atom stereocenters. The third-order valence-corrected chi connectivity index (χ3v) is 13.5. The van der Waals surface area contributed by atoms with Crippen LogP contribution < -0.4 is 4.90 Å². The maximum Gasteiger partial charge on any atom is 0.143 e. The molecule has 0 aliphatic carbocycles. The van der Waals surface area contributed by atoms with Crippen molar-refractivity contribution in [3.63, 3.8) is 0 Å². The lowest BCUT2D eigenvalue weighted by Crippen LogP contribution is -2.13. The smallest absolute Gasteiger partial charge is 0.143 e. The van der Waals surface area contributed by atoms with Gasteiger partial charge in [-0.25, -0.2) is 0 Å². The molecule has 2 aromatic heterocycles. The number of hydrogen-bond acceptors (Lipinski definition) is 2. The van der Waals surface area contributed by atoms with Gasteiger partial charge in [0, 0.05) is 49.5 Å². The number of rotatable bonds is 9. The molecule has 69 heavy (non-hydrogen) atoms. The summed E-state index contributed by atoms with van der Waals surface area (Å²) < 4.78 is 8.82. The average molecular weight is 879 g/mol. The van der Waals surface area contributed by atoms with Crippen molar-refractivity contribution in [2.45, 2.75) is 0 Å². The van der Waals surface area contributed by atoms with E-state index in [1.54, 1.807) is 0 Å². The summed E-state index contributed by atoms with van der Waals surface area (Å²) in [5, 5.41) is 4.59. The van der Waals surface area contributed by atoms with Crippen molar-refractivity contribution in [1.29, 1.82) is 0 Å². The minimum absolute atomic E-state index is 0.899. The van der Waals surface area contributed by atoms with Gasteiger partial charge in [0.2, 0.25) is 0 Å². The summed E-state index contributed by atoms with van der Waals surface area (Å²) in [6.07, 6.45) is 0. The quantitative estimate of drug-likeness (QED) is 0.144. The Morgan fingerprint density at radius 1 is 0.362 bits per heavy atom. The first-order chi connectivity index (χ1) is 34.2. The summed E-state index contributed by atoms with van der Waals surface area (Å²) in [6.45, 7) is 0. The average Bonchev–Trinajstić information content (AvgIpc) is 3.98. The number of hydrogen-bond donors (Lipinski definition) is 0. The highest BCUT2D eigenvalue weighted by molar-refractivity contribution is 6.11. The van der Waals surface area contributed by atoms with Crippen LogP contribution in [0.15, 0.2) is 259 Å². The van der Waals surface area contributed by atoms with Gasteiger partial charge in [0.15, 0.2) is 0 Å². The summed E-state index contributed by atoms with van der Waals surface area (Å²) in [4.78, 5) is 2.44. The number of para-hydroxylation sites is 6. The van der Waals surface area contributed by atoms with E-state index < -0.39 is 0 Å². The van der Waals surface area contributed by atoms with E-state index in [0.29, 0.717) is 0 Å². The van der Waals surface area contributed by atoms with E-state index in [1.165, 1.54) is 16.5 Å². The van der Waals surface area contributed by atoms with Gasteiger partial charge in [-0.1, -0.05) is 194 Å². The molecular weight excluding hydrogens is 837 g/mol. The van der Waals surface area contributed by atoms with Crippen molar-refractivity contribution in [2.75, 3.05) is 4.90 Å². The topological polar surface area (TPSA) is 21.3 Å². The molecular formula is C66H42N2O. The van der Waals surface area contributed by atoms with Crippen LogP contribution in [0.2, 0.25) is 0 Å². The van der Waals surface area contributed by atoms with Crippen LogP contribution in [0.1, 0.15) is 0 Å². The molecule has 0 fully saturated rings. The third-order valence-electron chi connectivity index (χ3n) is 13.5. The highest BCUT2D eigenvalue weighted by Crippen LogP contribution is 2.47. The van der Waals surface area contributed by atoms with Crippen LogP contribution in [0.5, 0.6) is 0 Å². The van der Waals surface area contributed by atoms with E-state index >= 15 is 0 Å². The molecule has 0 bridgehead atoms. The van der Waals surface area contributed by atoms with Crippen LogP contribution in [0.25, 0.3) is 105 Å². The molecule has 0 N–H and O–H groups in total. The van der Waals surface area contributed by atoms with E-state index in [1.807, 2.05) is 18.2 Å². The molecule has 0 saturated heterocycles. The molecule has 0 unspecified atom stereocenters. The van der Waals surface area contributed by atoms with Crippen molar-refractivity contribution in [3.05, 3.63) is 267 Å². The van der Waals surface area contributed by atoms with Gasteiger partial charge in [-0.15, -0.1) is 0 Å². The number of benzene rings is 10. The van der Waals surface area contributed by atoms with Crippen molar-refractivity contribution < 1.29 is 4.42 Å². The zero-order valence-corrected chi connectivity index (χ0v) is 37.6. The lowest BCUT2D eigenvalue weighted by Gasteiger charge is -2.30. The molecule has 0 aliphatic heterocycles. The number of anilines is 3. The van der Waals surface area contributed by atoms with Crippen LogP contribution in [0.3, 0.4) is 0 Å². The van der Waals surface area contributed by atoms with Gasteiger partial charge in [0.1, 0.15) is 16.7 Å². The summed E-state index contributed by atoms with van der Waals surface area (Å²) in [7, 11) is 0. The van der Waals surface area contributed by atoms with Crippen molar-refractivity contribution in [2.24, 2.45) is 0 Å². The Hall–Kier alpha value is -9.36. The lowest BCUT2D eigenvalue weighted by molar-refractivity contribution is 0.670. The second kappa shape index (κ2) is 16.8. The number of aromatic nitrogens is 1. The summed E-state index contributed by atoms with van der Waals surface area (Å²) in [5.41, 5.74) is 19.4. The zero-order valence-electron chi connectivity index (χ0n) is 37.6. The van der Waals surface area contributed by atoms with Crippen LogP contribution in [0, 0.1) is 12.1 Å². The van der Waals surface area contributed by atoms with Gasteiger partial charge >= 0.3 is 0 Å². The first-order valence-electron chi connectivity index (χ1n) is 23.4. The van der Waals surface area contributed by atoms with E-state index in [4.69, 9.17) is 4.42 Å². The van der Waals surface area contributed by atoms with E-state index in [-0.39, 0.29) is 0 Å². The van der Waals surface area contributed by atoms with Gasteiger partial charge in [0.25, 0.3) is 0 Å². The largest absolute Gasteiger partial charge is 0.455 e. The van der Waals surface area contributed by atoms with Crippen molar-refractivity contribution in [3.8, 4) is 61.3 Å². The van der Waals surface area contributed by atoms with Gasteiger partial charge in [-0.2, -0.15) is 0 Å². The predicted molar refractivity (Wildman–Crippen MR) is 288 cm³/mol. The Kier molecular flexibility index (Phi) is 9.74.